The van der Waals surface area contributed by atoms with Crippen molar-refractivity contribution < 1.29 is 14.4 Å². The summed E-state index contributed by atoms with van der Waals surface area (Å²) in [6.07, 6.45) is 1.83. The summed E-state index contributed by atoms with van der Waals surface area (Å²) in [5, 5.41) is 8.89. The molecule has 0 spiro atoms. The average Bonchev–Trinajstić information content (AvgIpc) is 2.92. The highest BCUT2D eigenvalue weighted by Crippen LogP contribution is 2.15. The summed E-state index contributed by atoms with van der Waals surface area (Å²) >= 11 is 0. The summed E-state index contributed by atoms with van der Waals surface area (Å²) in [6.45, 7) is 7.59. The second kappa shape index (κ2) is 13.8. The fourth-order valence-corrected chi connectivity index (χ4v) is 3.97. The molecule has 0 aliphatic rings. The number of carbonyl (C=O) groups is 3. The van der Waals surface area contributed by atoms with Gasteiger partial charge in [0.15, 0.2) is 0 Å². The van der Waals surface area contributed by atoms with Crippen LogP contribution in [-0.2, 0) is 4.79 Å². The molecule has 0 saturated heterocycles. The van der Waals surface area contributed by atoms with E-state index in [2.05, 4.69) is 29.8 Å². The van der Waals surface area contributed by atoms with Gasteiger partial charge in [0, 0.05) is 35.6 Å². The number of nitrogens with one attached hydrogen (secondary N) is 3. The maximum absolute atomic E-state index is 12.7. The molecule has 3 aromatic rings. The first-order chi connectivity index (χ1) is 17.9. The molecule has 0 heterocycles. The van der Waals surface area contributed by atoms with Gasteiger partial charge in [-0.25, -0.2) is 0 Å². The topological polar surface area (TPSA) is 90.5 Å². The molecule has 1 atom stereocenters. The Morgan fingerprint density at radius 2 is 1.32 bits per heavy atom. The van der Waals surface area contributed by atoms with Crippen LogP contribution in [0.15, 0.2) is 78.9 Å². The van der Waals surface area contributed by atoms with Crippen LogP contribution in [0.2, 0.25) is 0 Å². The van der Waals surface area contributed by atoms with Crippen molar-refractivity contribution in [1.82, 2.24) is 10.2 Å². The van der Waals surface area contributed by atoms with Crippen molar-refractivity contribution >= 4 is 29.1 Å². The predicted molar refractivity (Wildman–Crippen MR) is 149 cm³/mol. The molecule has 0 aliphatic heterocycles. The van der Waals surface area contributed by atoms with E-state index in [1.807, 2.05) is 42.2 Å². The molecule has 3 rings (SSSR count). The smallest absolute Gasteiger partial charge is 0.253 e. The third-order valence-electron chi connectivity index (χ3n) is 5.94. The lowest BCUT2D eigenvalue weighted by atomic mass is 10.1. The summed E-state index contributed by atoms with van der Waals surface area (Å²) < 4.78 is 0. The van der Waals surface area contributed by atoms with Gasteiger partial charge in [0.05, 0.1) is 12.6 Å². The minimum absolute atomic E-state index is 0.00916. The number of nitrogens with zero attached hydrogens (tertiary/aromatic N) is 1. The normalized spacial score (nSPS) is 11.3. The van der Waals surface area contributed by atoms with Crippen LogP contribution in [-0.4, -0.2) is 42.3 Å². The van der Waals surface area contributed by atoms with Crippen molar-refractivity contribution in [2.24, 2.45) is 0 Å². The van der Waals surface area contributed by atoms with Crippen LogP contribution in [0.4, 0.5) is 11.4 Å². The van der Waals surface area contributed by atoms with Crippen molar-refractivity contribution in [2.75, 3.05) is 30.3 Å². The summed E-state index contributed by atoms with van der Waals surface area (Å²) in [6, 6.07) is 23.6. The Labute approximate surface area is 219 Å². The summed E-state index contributed by atoms with van der Waals surface area (Å²) in [7, 11) is 0. The van der Waals surface area contributed by atoms with Gasteiger partial charge in [0.25, 0.3) is 11.8 Å². The molecular formula is C30H36N4O3. The first kappa shape index (κ1) is 27.5. The predicted octanol–water partition coefficient (Wildman–Crippen LogP) is 5.49. The zero-order valence-corrected chi connectivity index (χ0v) is 21.8. The number of amides is 3. The van der Waals surface area contributed by atoms with Crippen molar-refractivity contribution in [2.45, 2.75) is 39.7 Å². The average molecular weight is 501 g/mol. The quantitative estimate of drug-likeness (QED) is 0.307. The minimum atomic E-state index is -0.212. The minimum Gasteiger partial charge on any atom is -0.376 e. The molecule has 3 N–H and O–H groups in total. The van der Waals surface area contributed by atoms with E-state index in [4.69, 9.17) is 0 Å². The summed E-state index contributed by atoms with van der Waals surface area (Å²) in [5.74, 6) is -0.360. The molecule has 7 nitrogen and oxygen atoms in total. The number of hydrogen-bond donors (Lipinski definition) is 3. The molecule has 0 saturated carbocycles. The van der Waals surface area contributed by atoms with Crippen molar-refractivity contribution in [3.63, 3.8) is 0 Å². The first-order valence-electron chi connectivity index (χ1n) is 12.8. The van der Waals surface area contributed by atoms with Crippen LogP contribution in [0.3, 0.4) is 0 Å². The molecule has 0 bridgehead atoms. The van der Waals surface area contributed by atoms with Gasteiger partial charge in [-0.1, -0.05) is 44.2 Å². The van der Waals surface area contributed by atoms with E-state index in [1.165, 1.54) is 0 Å². The SMILES string of the molecule is CCCN(CCC)C(=O)c1ccc(NC(=O)CNc2ccc(C(=O)NC(C)c3ccccc3)cc2)cc1. The van der Waals surface area contributed by atoms with Gasteiger partial charge < -0.3 is 20.9 Å². The number of benzene rings is 3. The van der Waals surface area contributed by atoms with Gasteiger partial charge in [0.2, 0.25) is 5.91 Å². The molecule has 0 aliphatic carbocycles. The molecule has 3 amide bonds. The Bertz CT molecular complexity index is 1160. The lowest BCUT2D eigenvalue weighted by molar-refractivity contribution is -0.114. The number of anilines is 2. The fourth-order valence-electron chi connectivity index (χ4n) is 3.97. The van der Waals surface area contributed by atoms with Crippen molar-refractivity contribution in [3.05, 3.63) is 95.6 Å². The Morgan fingerprint density at radius 3 is 1.92 bits per heavy atom. The summed E-state index contributed by atoms with van der Waals surface area (Å²) in [5.41, 5.74) is 3.55. The molecule has 194 valence electrons. The monoisotopic (exact) mass is 500 g/mol. The molecule has 1 unspecified atom stereocenters. The highest BCUT2D eigenvalue weighted by Gasteiger charge is 2.14. The van der Waals surface area contributed by atoms with Gasteiger partial charge in [-0.05, 0) is 73.9 Å². The molecule has 3 aromatic carbocycles. The molecule has 0 aromatic heterocycles. The van der Waals surface area contributed by atoms with Crippen molar-refractivity contribution in [3.8, 4) is 0 Å². The van der Waals surface area contributed by atoms with Crippen molar-refractivity contribution in [1.29, 1.82) is 0 Å². The third-order valence-corrected chi connectivity index (χ3v) is 5.94. The van der Waals surface area contributed by atoms with E-state index in [-0.39, 0.29) is 30.3 Å². The van der Waals surface area contributed by atoms with E-state index in [1.54, 1.807) is 48.5 Å². The van der Waals surface area contributed by atoms with E-state index < -0.39 is 0 Å². The Morgan fingerprint density at radius 1 is 0.757 bits per heavy atom. The van der Waals surface area contributed by atoms with Crippen LogP contribution in [0, 0.1) is 0 Å². The Hall–Kier alpha value is -4.13. The maximum atomic E-state index is 12.7. The van der Waals surface area contributed by atoms with E-state index in [0.717, 1.165) is 37.2 Å². The number of rotatable bonds is 12. The van der Waals surface area contributed by atoms with Gasteiger partial charge in [-0.2, -0.15) is 0 Å². The number of carbonyl (C=O) groups excluding carboxylic acids is 3. The molecular weight excluding hydrogens is 464 g/mol. The second-order valence-corrected chi connectivity index (χ2v) is 8.95. The molecule has 7 heteroatoms. The van der Waals surface area contributed by atoms with Crippen LogP contribution in [0.5, 0.6) is 0 Å². The lowest BCUT2D eigenvalue weighted by Gasteiger charge is -2.21. The van der Waals surface area contributed by atoms with Crippen LogP contribution in [0.1, 0.15) is 65.9 Å². The van der Waals surface area contributed by atoms with Crippen LogP contribution >= 0.6 is 0 Å². The zero-order valence-electron chi connectivity index (χ0n) is 21.8. The van der Waals surface area contributed by atoms with Crippen LogP contribution in [0.25, 0.3) is 0 Å². The van der Waals surface area contributed by atoms with Gasteiger partial charge in [-0.3, -0.25) is 14.4 Å². The fraction of sp³-hybridized carbons (Fsp3) is 0.300. The zero-order chi connectivity index (χ0) is 26.6. The number of hydrogen-bond acceptors (Lipinski definition) is 4. The van der Waals surface area contributed by atoms with E-state index >= 15 is 0 Å². The van der Waals surface area contributed by atoms with Gasteiger partial charge in [0.1, 0.15) is 0 Å². The largest absolute Gasteiger partial charge is 0.376 e. The Kier molecular flexibility index (Phi) is 10.3. The summed E-state index contributed by atoms with van der Waals surface area (Å²) in [4.78, 5) is 39.5. The van der Waals surface area contributed by atoms with E-state index in [9.17, 15) is 14.4 Å². The highest BCUT2D eigenvalue weighted by molar-refractivity contribution is 5.97. The van der Waals surface area contributed by atoms with Gasteiger partial charge in [-0.15, -0.1) is 0 Å². The molecule has 0 fully saturated rings. The lowest BCUT2D eigenvalue weighted by Crippen LogP contribution is -2.32. The molecule has 0 radical (unpaired) electrons. The first-order valence-corrected chi connectivity index (χ1v) is 12.8. The Balaban J connectivity index is 1.47. The third kappa shape index (κ3) is 8.20. The van der Waals surface area contributed by atoms with E-state index in [0.29, 0.717) is 16.8 Å². The highest BCUT2D eigenvalue weighted by atomic mass is 16.2. The van der Waals surface area contributed by atoms with Crippen LogP contribution < -0.4 is 16.0 Å². The molecule has 37 heavy (non-hydrogen) atoms. The standard InChI is InChI=1S/C30H36N4O3/c1-4-19-34(20-5-2)30(37)25-13-17-27(18-14-25)33-28(35)21-31-26-15-11-24(12-16-26)29(36)32-22(3)23-9-7-6-8-10-23/h6-18,22,31H,4-5,19-21H2,1-3H3,(H,32,36)(H,33,35). The second-order valence-electron chi connectivity index (χ2n) is 8.95. The maximum Gasteiger partial charge on any atom is 0.253 e. The van der Waals surface area contributed by atoms with Gasteiger partial charge >= 0.3 is 0 Å².